The van der Waals surface area contributed by atoms with E-state index in [-0.39, 0.29) is 0 Å². The molecule has 4 nitrogen and oxygen atoms in total. The molecule has 0 fully saturated rings. The molecule has 84 valence electrons. The summed E-state index contributed by atoms with van der Waals surface area (Å²) in [5.41, 5.74) is 9.56. The number of hydrogen-bond acceptors (Lipinski definition) is 4. The van der Waals surface area contributed by atoms with Crippen molar-refractivity contribution in [2.75, 3.05) is 25.4 Å². The number of guanidine groups is 1. The molecule has 3 rings (SSSR count). The van der Waals surface area contributed by atoms with E-state index in [1.54, 1.807) is 0 Å². The van der Waals surface area contributed by atoms with E-state index in [1.807, 2.05) is 12.1 Å². The molecule has 2 aliphatic heterocycles. The molecule has 0 saturated heterocycles. The highest BCUT2D eigenvalue weighted by Crippen LogP contribution is 2.24. The summed E-state index contributed by atoms with van der Waals surface area (Å²) >= 11 is 0. The molecule has 0 amide bonds. The van der Waals surface area contributed by atoms with Gasteiger partial charge in [0.25, 0.3) is 0 Å². The van der Waals surface area contributed by atoms with Crippen molar-refractivity contribution in [2.45, 2.75) is 13.0 Å². The van der Waals surface area contributed by atoms with E-state index in [4.69, 9.17) is 5.73 Å². The minimum atomic E-state index is 0.898. The van der Waals surface area contributed by atoms with E-state index in [2.05, 4.69) is 21.3 Å². The maximum absolute atomic E-state index is 5.98. The first-order chi connectivity index (χ1) is 7.84. The normalized spacial score (nSPS) is 19.0. The highest BCUT2D eigenvalue weighted by Gasteiger charge is 2.21. The molecular formula is C12H16N4. The standard InChI is InChI=1S/C12H16N4/c13-11-3-1-2-9-8-16(7-4-10(9)11)12-14-5-6-15-12/h1-3H,4-8,13H2,(H,14,15). The third-order valence-corrected chi connectivity index (χ3v) is 3.26. The number of nitrogens with one attached hydrogen (secondary N) is 1. The lowest BCUT2D eigenvalue weighted by Crippen LogP contribution is -2.41. The van der Waals surface area contributed by atoms with Gasteiger partial charge in [0, 0.05) is 25.3 Å². The van der Waals surface area contributed by atoms with Crippen LogP contribution in [0.15, 0.2) is 23.2 Å². The van der Waals surface area contributed by atoms with Crippen LogP contribution in [0, 0.1) is 0 Å². The van der Waals surface area contributed by atoms with Gasteiger partial charge in [-0.05, 0) is 23.6 Å². The van der Waals surface area contributed by atoms with Crippen molar-refractivity contribution in [3.8, 4) is 0 Å². The predicted molar refractivity (Wildman–Crippen MR) is 65.3 cm³/mol. The van der Waals surface area contributed by atoms with Crippen LogP contribution in [-0.4, -0.2) is 30.5 Å². The zero-order chi connectivity index (χ0) is 11.0. The van der Waals surface area contributed by atoms with E-state index < -0.39 is 0 Å². The Balaban J connectivity index is 1.86. The second-order valence-electron chi connectivity index (χ2n) is 4.29. The Kier molecular flexibility index (Phi) is 2.20. The molecule has 4 heteroatoms. The summed E-state index contributed by atoms with van der Waals surface area (Å²) < 4.78 is 0. The number of fused-ring (bicyclic) bond motifs is 1. The Morgan fingerprint density at radius 2 is 2.31 bits per heavy atom. The first kappa shape index (κ1) is 9.51. The molecule has 0 spiro atoms. The maximum atomic E-state index is 5.98. The van der Waals surface area contributed by atoms with Crippen LogP contribution in [0.25, 0.3) is 0 Å². The second-order valence-corrected chi connectivity index (χ2v) is 4.29. The van der Waals surface area contributed by atoms with Crippen molar-refractivity contribution >= 4 is 11.6 Å². The minimum absolute atomic E-state index is 0.898. The smallest absolute Gasteiger partial charge is 0.194 e. The highest BCUT2D eigenvalue weighted by atomic mass is 15.3. The van der Waals surface area contributed by atoms with Gasteiger partial charge in [-0.3, -0.25) is 4.99 Å². The first-order valence-electron chi connectivity index (χ1n) is 5.74. The number of rotatable bonds is 0. The Morgan fingerprint density at radius 1 is 1.38 bits per heavy atom. The second kappa shape index (κ2) is 3.70. The van der Waals surface area contributed by atoms with Gasteiger partial charge < -0.3 is 16.0 Å². The summed E-state index contributed by atoms with van der Waals surface area (Å²) in [4.78, 5) is 6.76. The Labute approximate surface area is 95.2 Å². The van der Waals surface area contributed by atoms with E-state index in [0.29, 0.717) is 0 Å². The lowest BCUT2D eigenvalue weighted by Gasteiger charge is -2.30. The number of hydrogen-bond donors (Lipinski definition) is 2. The quantitative estimate of drug-likeness (QED) is 0.624. The van der Waals surface area contributed by atoms with Gasteiger partial charge in [-0.1, -0.05) is 12.1 Å². The summed E-state index contributed by atoms with van der Waals surface area (Å²) in [6.07, 6.45) is 1.02. The van der Waals surface area contributed by atoms with Crippen LogP contribution in [0.5, 0.6) is 0 Å². The molecule has 0 radical (unpaired) electrons. The third kappa shape index (κ3) is 1.50. The molecule has 1 aromatic carbocycles. The van der Waals surface area contributed by atoms with Gasteiger partial charge in [-0.25, -0.2) is 0 Å². The summed E-state index contributed by atoms with van der Waals surface area (Å²) in [5.74, 6) is 1.05. The summed E-state index contributed by atoms with van der Waals surface area (Å²) in [6.45, 7) is 3.80. The van der Waals surface area contributed by atoms with Crippen molar-refractivity contribution in [1.82, 2.24) is 10.2 Å². The van der Waals surface area contributed by atoms with E-state index in [9.17, 15) is 0 Å². The minimum Gasteiger partial charge on any atom is -0.398 e. The Bertz CT molecular complexity index is 439. The molecule has 0 atom stereocenters. The van der Waals surface area contributed by atoms with Crippen molar-refractivity contribution in [2.24, 2.45) is 4.99 Å². The molecule has 16 heavy (non-hydrogen) atoms. The number of anilines is 1. The van der Waals surface area contributed by atoms with Crippen LogP contribution in [0.3, 0.4) is 0 Å². The fourth-order valence-corrected chi connectivity index (χ4v) is 2.42. The van der Waals surface area contributed by atoms with Crippen LogP contribution in [0.4, 0.5) is 5.69 Å². The predicted octanol–water partition coefficient (Wildman–Crippen LogP) is 0.586. The lowest BCUT2D eigenvalue weighted by molar-refractivity contribution is 0.385. The molecular weight excluding hydrogens is 200 g/mol. The van der Waals surface area contributed by atoms with Gasteiger partial charge in [0.2, 0.25) is 0 Å². The van der Waals surface area contributed by atoms with Crippen molar-refractivity contribution in [3.05, 3.63) is 29.3 Å². The average Bonchev–Trinajstić information content (AvgIpc) is 2.82. The van der Waals surface area contributed by atoms with Gasteiger partial charge in [0.15, 0.2) is 5.96 Å². The number of nitrogens with zero attached hydrogens (tertiary/aromatic N) is 2. The van der Waals surface area contributed by atoms with E-state index in [1.165, 1.54) is 11.1 Å². The van der Waals surface area contributed by atoms with Crippen LogP contribution in [0.2, 0.25) is 0 Å². The summed E-state index contributed by atoms with van der Waals surface area (Å²) in [6, 6.07) is 6.18. The monoisotopic (exact) mass is 216 g/mol. The van der Waals surface area contributed by atoms with Crippen molar-refractivity contribution in [3.63, 3.8) is 0 Å². The molecule has 0 unspecified atom stereocenters. The van der Waals surface area contributed by atoms with Gasteiger partial charge in [0.05, 0.1) is 6.54 Å². The fourth-order valence-electron chi connectivity index (χ4n) is 2.42. The van der Waals surface area contributed by atoms with Gasteiger partial charge in [-0.15, -0.1) is 0 Å². The van der Waals surface area contributed by atoms with Crippen LogP contribution in [-0.2, 0) is 13.0 Å². The summed E-state index contributed by atoms with van der Waals surface area (Å²) in [7, 11) is 0. The number of aliphatic imine (C=N–C) groups is 1. The third-order valence-electron chi connectivity index (χ3n) is 3.26. The van der Waals surface area contributed by atoms with Gasteiger partial charge >= 0.3 is 0 Å². The molecule has 0 saturated carbocycles. The number of nitrogens with two attached hydrogens (primary N) is 1. The summed E-state index contributed by atoms with van der Waals surface area (Å²) in [5, 5.41) is 3.32. The van der Waals surface area contributed by atoms with Crippen LogP contribution >= 0.6 is 0 Å². The topological polar surface area (TPSA) is 53.6 Å². The molecule has 0 bridgehead atoms. The molecule has 1 aromatic rings. The first-order valence-corrected chi connectivity index (χ1v) is 5.74. The fraction of sp³-hybridized carbons (Fsp3) is 0.417. The zero-order valence-electron chi connectivity index (χ0n) is 9.24. The van der Waals surface area contributed by atoms with Gasteiger partial charge in [-0.2, -0.15) is 0 Å². The largest absolute Gasteiger partial charge is 0.398 e. The number of nitrogen functional groups attached to an aromatic ring is 1. The van der Waals surface area contributed by atoms with E-state index in [0.717, 1.165) is 44.2 Å². The SMILES string of the molecule is Nc1cccc2c1CCN(C1=NCCN1)C2. The van der Waals surface area contributed by atoms with Crippen LogP contribution < -0.4 is 11.1 Å². The highest BCUT2D eigenvalue weighted by molar-refractivity contribution is 5.81. The molecule has 0 aromatic heterocycles. The maximum Gasteiger partial charge on any atom is 0.194 e. The van der Waals surface area contributed by atoms with Gasteiger partial charge in [0.1, 0.15) is 0 Å². The molecule has 2 heterocycles. The Hall–Kier alpha value is -1.71. The van der Waals surface area contributed by atoms with Crippen molar-refractivity contribution in [1.29, 1.82) is 0 Å². The van der Waals surface area contributed by atoms with Crippen LogP contribution in [0.1, 0.15) is 11.1 Å². The molecule has 2 aliphatic rings. The molecule has 0 aliphatic carbocycles. The van der Waals surface area contributed by atoms with E-state index >= 15 is 0 Å². The average molecular weight is 216 g/mol. The zero-order valence-corrected chi connectivity index (χ0v) is 9.24. The molecule has 3 N–H and O–H groups in total. The van der Waals surface area contributed by atoms with Crippen molar-refractivity contribution < 1.29 is 0 Å². The number of benzene rings is 1. The lowest BCUT2D eigenvalue weighted by atomic mass is 9.98. The Morgan fingerprint density at radius 3 is 3.12 bits per heavy atom.